The van der Waals surface area contributed by atoms with E-state index in [-0.39, 0.29) is 12.5 Å². The Bertz CT molecular complexity index is 692. The van der Waals surface area contributed by atoms with E-state index in [1.54, 1.807) is 0 Å². The van der Waals surface area contributed by atoms with E-state index in [0.717, 1.165) is 13.0 Å². The molecule has 0 spiro atoms. The minimum atomic E-state index is 0.0216. The Labute approximate surface area is 131 Å². The van der Waals surface area contributed by atoms with E-state index in [1.807, 2.05) is 11.0 Å². The van der Waals surface area contributed by atoms with E-state index >= 15 is 0 Å². The summed E-state index contributed by atoms with van der Waals surface area (Å²) in [6, 6.07) is 19.0. The molecule has 2 aromatic carbocycles. The summed E-state index contributed by atoms with van der Waals surface area (Å²) in [5, 5.41) is 0. The highest BCUT2D eigenvalue weighted by Gasteiger charge is 2.16. The predicted molar refractivity (Wildman–Crippen MR) is 90.1 cm³/mol. The lowest BCUT2D eigenvalue weighted by Crippen LogP contribution is -2.38. The molecule has 2 aromatic rings. The van der Waals surface area contributed by atoms with Gasteiger partial charge in [0.1, 0.15) is 0 Å². The molecule has 2 N–H and O–H groups in total. The molecular weight excluding hydrogens is 272 g/mol. The van der Waals surface area contributed by atoms with Crippen LogP contribution in [-0.2, 0) is 4.79 Å². The molecule has 1 aliphatic heterocycles. The highest BCUT2D eigenvalue weighted by molar-refractivity contribution is 5.80. The lowest BCUT2D eigenvalue weighted by Gasteiger charge is -2.26. The zero-order valence-electron chi connectivity index (χ0n) is 12.5. The van der Waals surface area contributed by atoms with Crippen molar-refractivity contribution in [3.8, 4) is 11.1 Å². The van der Waals surface area contributed by atoms with Crippen molar-refractivity contribution in [1.82, 2.24) is 4.90 Å². The Balaban J connectivity index is 1.82. The van der Waals surface area contributed by atoms with Crippen LogP contribution in [0, 0.1) is 0 Å². The molecule has 3 heteroatoms. The molecule has 1 aliphatic rings. The van der Waals surface area contributed by atoms with Crippen molar-refractivity contribution in [2.45, 2.75) is 6.42 Å². The zero-order chi connectivity index (χ0) is 15.4. The summed E-state index contributed by atoms with van der Waals surface area (Å²) in [6.07, 6.45) is 3.02. The summed E-state index contributed by atoms with van der Waals surface area (Å²) in [6.45, 7) is 1.49. The van der Waals surface area contributed by atoms with E-state index in [4.69, 9.17) is 5.73 Å². The van der Waals surface area contributed by atoms with Gasteiger partial charge in [0, 0.05) is 13.1 Å². The maximum Gasteiger partial charge on any atom is 0.236 e. The summed E-state index contributed by atoms with van der Waals surface area (Å²) < 4.78 is 0. The molecule has 3 rings (SSSR count). The number of carbonyl (C=O) groups is 1. The first-order valence-electron chi connectivity index (χ1n) is 7.60. The van der Waals surface area contributed by atoms with Crippen LogP contribution in [-0.4, -0.2) is 30.4 Å². The lowest BCUT2D eigenvalue weighted by molar-refractivity contribution is -0.129. The number of nitrogens with zero attached hydrogens (tertiary/aromatic N) is 1. The predicted octanol–water partition coefficient (Wildman–Crippen LogP) is 2.93. The molecule has 0 saturated heterocycles. The van der Waals surface area contributed by atoms with Crippen LogP contribution in [0.4, 0.5) is 0 Å². The Morgan fingerprint density at radius 3 is 2.41 bits per heavy atom. The van der Waals surface area contributed by atoms with Gasteiger partial charge >= 0.3 is 0 Å². The fourth-order valence-electron chi connectivity index (χ4n) is 2.82. The fourth-order valence-corrected chi connectivity index (χ4v) is 2.82. The second-order valence-electron chi connectivity index (χ2n) is 5.47. The highest BCUT2D eigenvalue weighted by Crippen LogP contribution is 2.27. The van der Waals surface area contributed by atoms with Crippen molar-refractivity contribution in [2.75, 3.05) is 19.6 Å². The van der Waals surface area contributed by atoms with Gasteiger partial charge in [-0.2, -0.15) is 0 Å². The number of rotatable bonds is 3. The number of carbonyl (C=O) groups excluding carboxylic acids is 1. The van der Waals surface area contributed by atoms with Crippen molar-refractivity contribution in [2.24, 2.45) is 5.73 Å². The average Bonchev–Trinajstić information content (AvgIpc) is 2.62. The molecule has 1 heterocycles. The molecular formula is C19H20N2O. The molecule has 0 radical (unpaired) electrons. The highest BCUT2D eigenvalue weighted by atomic mass is 16.2. The minimum absolute atomic E-state index is 0.0216. The molecule has 0 aliphatic carbocycles. The SMILES string of the molecule is NCC(=O)N1CC=C(c2cccc(-c3ccccc3)c2)CC1. The monoisotopic (exact) mass is 292 g/mol. The van der Waals surface area contributed by atoms with E-state index in [2.05, 4.69) is 54.6 Å². The van der Waals surface area contributed by atoms with Gasteiger partial charge in [-0.05, 0) is 34.8 Å². The van der Waals surface area contributed by atoms with Crippen LogP contribution >= 0.6 is 0 Å². The van der Waals surface area contributed by atoms with Gasteiger partial charge in [0.05, 0.1) is 6.54 Å². The van der Waals surface area contributed by atoms with Gasteiger partial charge in [0.25, 0.3) is 0 Å². The van der Waals surface area contributed by atoms with Gasteiger partial charge in [0.2, 0.25) is 5.91 Å². The topological polar surface area (TPSA) is 46.3 Å². The summed E-state index contributed by atoms with van der Waals surface area (Å²) in [5.41, 5.74) is 10.4. The van der Waals surface area contributed by atoms with E-state index < -0.39 is 0 Å². The summed E-state index contributed by atoms with van der Waals surface area (Å²) >= 11 is 0. The molecule has 0 fully saturated rings. The summed E-state index contributed by atoms with van der Waals surface area (Å²) in [5.74, 6) is 0.0216. The molecule has 0 saturated carbocycles. The summed E-state index contributed by atoms with van der Waals surface area (Å²) in [4.78, 5) is 13.4. The number of hydrogen-bond donors (Lipinski definition) is 1. The van der Waals surface area contributed by atoms with Gasteiger partial charge in [-0.15, -0.1) is 0 Å². The van der Waals surface area contributed by atoms with Crippen LogP contribution < -0.4 is 5.73 Å². The van der Waals surface area contributed by atoms with Crippen molar-refractivity contribution in [1.29, 1.82) is 0 Å². The van der Waals surface area contributed by atoms with Crippen LogP contribution in [0.25, 0.3) is 16.7 Å². The second kappa shape index (κ2) is 6.58. The third kappa shape index (κ3) is 3.10. The molecule has 112 valence electrons. The fraction of sp³-hybridized carbons (Fsp3) is 0.211. The standard InChI is InChI=1S/C19H20N2O/c20-14-19(22)21-11-9-16(10-12-21)18-8-4-7-17(13-18)15-5-2-1-3-6-15/h1-9,13H,10-12,14,20H2. The molecule has 3 nitrogen and oxygen atoms in total. The Morgan fingerprint density at radius 1 is 1.00 bits per heavy atom. The van der Waals surface area contributed by atoms with Gasteiger partial charge in [-0.1, -0.05) is 54.6 Å². The molecule has 0 bridgehead atoms. The Morgan fingerprint density at radius 2 is 1.73 bits per heavy atom. The summed E-state index contributed by atoms with van der Waals surface area (Å²) in [7, 11) is 0. The number of amides is 1. The van der Waals surface area contributed by atoms with Gasteiger partial charge in [-0.3, -0.25) is 4.79 Å². The van der Waals surface area contributed by atoms with Crippen LogP contribution in [0.5, 0.6) is 0 Å². The molecule has 0 unspecified atom stereocenters. The third-order valence-corrected chi connectivity index (χ3v) is 4.08. The first-order valence-corrected chi connectivity index (χ1v) is 7.60. The second-order valence-corrected chi connectivity index (χ2v) is 5.47. The van der Waals surface area contributed by atoms with Gasteiger partial charge in [-0.25, -0.2) is 0 Å². The van der Waals surface area contributed by atoms with Crippen LogP contribution in [0.1, 0.15) is 12.0 Å². The quantitative estimate of drug-likeness (QED) is 0.945. The number of nitrogens with two attached hydrogens (primary N) is 1. The van der Waals surface area contributed by atoms with Gasteiger partial charge < -0.3 is 10.6 Å². The average molecular weight is 292 g/mol. The smallest absolute Gasteiger partial charge is 0.236 e. The Hall–Kier alpha value is -2.39. The molecule has 0 atom stereocenters. The van der Waals surface area contributed by atoms with Crippen molar-refractivity contribution < 1.29 is 4.79 Å². The van der Waals surface area contributed by atoms with E-state index in [1.165, 1.54) is 22.3 Å². The van der Waals surface area contributed by atoms with Crippen LogP contribution in [0.15, 0.2) is 60.7 Å². The lowest BCUT2D eigenvalue weighted by atomic mass is 9.95. The largest absolute Gasteiger partial charge is 0.338 e. The molecule has 22 heavy (non-hydrogen) atoms. The van der Waals surface area contributed by atoms with Crippen LogP contribution in [0.2, 0.25) is 0 Å². The van der Waals surface area contributed by atoms with Crippen molar-refractivity contribution >= 4 is 11.5 Å². The Kier molecular flexibility index (Phi) is 4.35. The number of hydrogen-bond acceptors (Lipinski definition) is 2. The normalized spacial score (nSPS) is 14.6. The van der Waals surface area contributed by atoms with Gasteiger partial charge in [0.15, 0.2) is 0 Å². The molecule has 1 amide bonds. The first kappa shape index (κ1) is 14.5. The van der Waals surface area contributed by atoms with E-state index in [9.17, 15) is 4.79 Å². The minimum Gasteiger partial charge on any atom is -0.338 e. The number of benzene rings is 2. The van der Waals surface area contributed by atoms with Crippen molar-refractivity contribution in [3.05, 3.63) is 66.2 Å². The maximum atomic E-state index is 11.6. The first-order chi connectivity index (χ1) is 10.8. The zero-order valence-corrected chi connectivity index (χ0v) is 12.5. The third-order valence-electron chi connectivity index (χ3n) is 4.08. The van der Waals surface area contributed by atoms with Crippen molar-refractivity contribution in [3.63, 3.8) is 0 Å². The van der Waals surface area contributed by atoms with E-state index in [0.29, 0.717) is 6.54 Å². The van der Waals surface area contributed by atoms with Crippen LogP contribution in [0.3, 0.4) is 0 Å². The maximum absolute atomic E-state index is 11.6. The molecule has 0 aromatic heterocycles.